The first kappa shape index (κ1) is 45.7. The normalized spacial score (nSPS) is 36.0. The van der Waals surface area contributed by atoms with Crippen LogP contribution in [0.25, 0.3) is 0 Å². The third-order valence-electron chi connectivity index (χ3n) is 16.8. The SMILES string of the molecule is CCCCCCCCCCCCCCCCCC(=O)OC1CC(O)C2(C)C(CCC3(C)C2CCC2C(C(C)(O)CC=CC(C)(C)OO)CCC23C)C1(C)C. The fourth-order valence-corrected chi connectivity index (χ4v) is 13.2. The van der Waals surface area contributed by atoms with Gasteiger partial charge in [0.15, 0.2) is 0 Å². The molecule has 6 heteroatoms. The van der Waals surface area contributed by atoms with Crippen LogP contribution >= 0.6 is 0 Å². The van der Waals surface area contributed by atoms with Crippen molar-refractivity contribution < 1.29 is 29.9 Å². The van der Waals surface area contributed by atoms with Gasteiger partial charge in [-0.3, -0.25) is 10.1 Å². The van der Waals surface area contributed by atoms with Gasteiger partial charge < -0.3 is 14.9 Å². The number of carbonyl (C=O) groups is 1. The molecule has 4 aliphatic carbocycles. The molecular weight excluding hydrogens is 673 g/mol. The summed E-state index contributed by atoms with van der Waals surface area (Å²) in [4.78, 5) is 17.8. The van der Waals surface area contributed by atoms with Crippen LogP contribution in [0, 0.1) is 45.3 Å². The maximum absolute atomic E-state index is 13.2. The second-order valence-corrected chi connectivity index (χ2v) is 21.1. The van der Waals surface area contributed by atoms with Gasteiger partial charge in [-0.1, -0.05) is 144 Å². The second kappa shape index (κ2) is 19.2. The fourth-order valence-electron chi connectivity index (χ4n) is 13.2. The Hall–Kier alpha value is -0.950. The van der Waals surface area contributed by atoms with Crippen molar-refractivity contribution in [2.45, 2.75) is 240 Å². The zero-order valence-electron chi connectivity index (χ0n) is 36.7. The molecule has 0 heterocycles. The summed E-state index contributed by atoms with van der Waals surface area (Å²) < 4.78 is 6.30. The van der Waals surface area contributed by atoms with Gasteiger partial charge in [-0.2, -0.15) is 0 Å². The van der Waals surface area contributed by atoms with Crippen LogP contribution in [0.2, 0.25) is 0 Å². The Morgan fingerprint density at radius 3 is 1.83 bits per heavy atom. The summed E-state index contributed by atoms with van der Waals surface area (Å²) in [5.41, 5.74) is -1.94. The smallest absolute Gasteiger partial charge is 0.306 e. The number of aliphatic hydroxyl groups excluding tert-OH is 1. The van der Waals surface area contributed by atoms with Crippen molar-refractivity contribution in [3.63, 3.8) is 0 Å². The van der Waals surface area contributed by atoms with Crippen LogP contribution in [0.5, 0.6) is 0 Å². The Morgan fingerprint density at radius 2 is 1.28 bits per heavy atom. The van der Waals surface area contributed by atoms with E-state index in [1.165, 1.54) is 83.5 Å². The van der Waals surface area contributed by atoms with Gasteiger partial charge in [-0.05, 0) is 107 Å². The molecule has 3 N–H and O–H groups in total. The van der Waals surface area contributed by atoms with Crippen molar-refractivity contribution in [2.75, 3.05) is 0 Å². The van der Waals surface area contributed by atoms with Crippen LogP contribution in [0.3, 0.4) is 0 Å². The minimum absolute atomic E-state index is 0.0582. The predicted molar refractivity (Wildman–Crippen MR) is 222 cm³/mol. The van der Waals surface area contributed by atoms with E-state index in [0.29, 0.717) is 31.1 Å². The molecule has 0 bridgehead atoms. The number of aliphatic hydroxyl groups is 2. The third kappa shape index (κ3) is 10.0. The number of hydrogen-bond acceptors (Lipinski definition) is 6. The molecule has 4 rings (SSSR count). The Labute approximate surface area is 332 Å². The number of unbranched alkanes of at least 4 members (excludes halogenated alkanes) is 14. The van der Waals surface area contributed by atoms with Crippen LogP contribution in [0.1, 0.15) is 216 Å². The Balaban J connectivity index is 1.25. The van der Waals surface area contributed by atoms with E-state index in [-0.39, 0.29) is 45.6 Å². The van der Waals surface area contributed by atoms with Crippen molar-refractivity contribution in [1.82, 2.24) is 0 Å². The van der Waals surface area contributed by atoms with Crippen molar-refractivity contribution in [1.29, 1.82) is 0 Å². The highest BCUT2D eigenvalue weighted by atomic mass is 17.1. The molecule has 10 atom stereocenters. The number of esters is 1. The first-order valence-electron chi connectivity index (χ1n) is 23.0. The largest absolute Gasteiger partial charge is 0.462 e. The minimum Gasteiger partial charge on any atom is -0.462 e. The first-order chi connectivity index (χ1) is 25.4. The van der Waals surface area contributed by atoms with Crippen molar-refractivity contribution >= 4 is 5.97 Å². The zero-order valence-corrected chi connectivity index (χ0v) is 36.7. The summed E-state index contributed by atoms with van der Waals surface area (Å²) >= 11 is 0. The summed E-state index contributed by atoms with van der Waals surface area (Å²) in [5, 5.41) is 33.3. The maximum Gasteiger partial charge on any atom is 0.306 e. The zero-order chi connectivity index (χ0) is 39.8. The molecule has 4 fully saturated rings. The summed E-state index contributed by atoms with van der Waals surface area (Å²) in [6.07, 6.45) is 30.6. The van der Waals surface area contributed by atoms with Gasteiger partial charge in [-0.15, -0.1) is 0 Å². The van der Waals surface area contributed by atoms with Crippen LogP contribution in [0.4, 0.5) is 0 Å². The quantitative estimate of drug-likeness (QED) is 0.0334. The summed E-state index contributed by atoms with van der Waals surface area (Å²) in [6, 6.07) is 0. The van der Waals surface area contributed by atoms with Gasteiger partial charge in [0.2, 0.25) is 0 Å². The average molecular weight is 759 g/mol. The van der Waals surface area contributed by atoms with Crippen molar-refractivity contribution in [3.8, 4) is 0 Å². The number of carbonyl (C=O) groups excluding carboxylic acids is 1. The molecule has 0 aliphatic heterocycles. The Kier molecular flexibility index (Phi) is 16.3. The number of rotatable bonds is 22. The standard InChI is InChI=1S/C48H86O6/c1-10-11-12-13-14-15-16-17-18-19-20-21-22-23-24-26-42(50)53-41-35-40(49)48(9)38(44(41,4)5)30-34-46(7)39(48)28-27-36-37(29-33-45(36,46)6)47(8,51)32-25-31-43(2,3)54-52/h25,31,36-41,49,51-52H,10-24,26-30,32-35H2,1-9H3. The van der Waals surface area contributed by atoms with Crippen LogP contribution in [-0.4, -0.2) is 44.8 Å². The average Bonchev–Trinajstić information content (AvgIpc) is 3.48. The molecule has 0 amide bonds. The molecule has 0 saturated heterocycles. The van der Waals surface area contributed by atoms with E-state index in [0.717, 1.165) is 51.4 Å². The molecule has 0 spiro atoms. The molecule has 314 valence electrons. The van der Waals surface area contributed by atoms with Gasteiger partial charge in [-0.25, -0.2) is 4.89 Å². The molecule has 0 aromatic heterocycles. The molecule has 4 aliphatic rings. The summed E-state index contributed by atoms with van der Waals surface area (Å²) in [7, 11) is 0. The van der Waals surface area contributed by atoms with E-state index < -0.39 is 17.3 Å². The molecule has 10 unspecified atom stereocenters. The highest BCUT2D eigenvalue weighted by Gasteiger charge is 2.71. The molecule has 4 saturated carbocycles. The van der Waals surface area contributed by atoms with Gasteiger partial charge in [0, 0.05) is 23.7 Å². The van der Waals surface area contributed by atoms with Gasteiger partial charge in [0.1, 0.15) is 11.7 Å². The van der Waals surface area contributed by atoms with Gasteiger partial charge >= 0.3 is 5.97 Å². The monoisotopic (exact) mass is 759 g/mol. The van der Waals surface area contributed by atoms with Crippen molar-refractivity contribution in [3.05, 3.63) is 12.2 Å². The lowest BCUT2D eigenvalue weighted by molar-refractivity contribution is -0.297. The first-order valence-corrected chi connectivity index (χ1v) is 23.0. The van der Waals surface area contributed by atoms with E-state index in [1.807, 2.05) is 19.1 Å². The lowest BCUT2D eigenvalue weighted by Gasteiger charge is -2.71. The van der Waals surface area contributed by atoms with E-state index in [4.69, 9.17) is 4.74 Å². The van der Waals surface area contributed by atoms with Crippen LogP contribution < -0.4 is 0 Å². The second-order valence-electron chi connectivity index (χ2n) is 21.1. The van der Waals surface area contributed by atoms with Crippen molar-refractivity contribution in [2.24, 2.45) is 45.3 Å². The molecule has 0 aromatic rings. The van der Waals surface area contributed by atoms with Crippen LogP contribution in [-0.2, 0) is 14.4 Å². The molecular formula is C48H86O6. The molecule has 0 aromatic carbocycles. The predicted octanol–water partition coefficient (Wildman–Crippen LogP) is 12.8. The minimum atomic E-state index is -0.843. The summed E-state index contributed by atoms with van der Waals surface area (Å²) in [6.45, 7) is 19.9. The van der Waals surface area contributed by atoms with Gasteiger partial charge in [0.25, 0.3) is 0 Å². The highest BCUT2D eigenvalue weighted by Crippen LogP contribution is 2.76. The molecule has 6 nitrogen and oxygen atoms in total. The van der Waals surface area contributed by atoms with E-state index in [9.17, 15) is 20.3 Å². The number of ether oxygens (including phenoxy) is 1. The Bertz CT molecular complexity index is 1190. The van der Waals surface area contributed by atoms with E-state index >= 15 is 0 Å². The van der Waals surface area contributed by atoms with Crippen LogP contribution in [0.15, 0.2) is 12.2 Å². The number of hydrogen-bond donors (Lipinski definition) is 3. The van der Waals surface area contributed by atoms with E-state index in [1.54, 1.807) is 13.8 Å². The lowest BCUT2D eigenvalue weighted by atomic mass is 9.35. The fraction of sp³-hybridized carbons (Fsp3) is 0.938. The molecule has 54 heavy (non-hydrogen) atoms. The van der Waals surface area contributed by atoms with Gasteiger partial charge in [0.05, 0.1) is 11.7 Å². The third-order valence-corrected chi connectivity index (χ3v) is 16.8. The summed E-state index contributed by atoms with van der Waals surface area (Å²) in [5.74, 6) is 1.19. The maximum atomic E-state index is 13.2. The molecule has 0 radical (unpaired) electrons. The highest BCUT2D eigenvalue weighted by molar-refractivity contribution is 5.69. The number of fused-ring (bicyclic) bond motifs is 5. The lowest BCUT2D eigenvalue weighted by Crippen LogP contribution is -2.68. The topological polar surface area (TPSA) is 96.2 Å². The van der Waals surface area contributed by atoms with E-state index in [2.05, 4.69) is 46.4 Å². The Morgan fingerprint density at radius 1 is 0.741 bits per heavy atom.